The van der Waals surface area contributed by atoms with Crippen molar-refractivity contribution in [2.45, 2.75) is 76.4 Å². The van der Waals surface area contributed by atoms with Crippen LogP contribution in [0.4, 0.5) is 26.3 Å². The number of aliphatic carboxylic acids is 1. The van der Waals surface area contributed by atoms with Gasteiger partial charge in [-0.1, -0.05) is 31.4 Å². The second-order valence-corrected chi connectivity index (χ2v) is 9.57. The molecule has 1 heterocycles. The number of ether oxygens (including phenoxy) is 1. The van der Waals surface area contributed by atoms with Gasteiger partial charge in [-0.05, 0) is 73.7 Å². The fraction of sp³-hybridized carbons (Fsp3) is 0.519. The van der Waals surface area contributed by atoms with Crippen molar-refractivity contribution in [1.29, 1.82) is 0 Å². The summed E-state index contributed by atoms with van der Waals surface area (Å²) in [5, 5.41) is 8.85. The predicted octanol–water partition coefficient (Wildman–Crippen LogP) is 7.13. The minimum atomic E-state index is -4.76. The predicted molar refractivity (Wildman–Crippen MR) is 126 cm³/mol. The highest BCUT2D eigenvalue weighted by atomic mass is 19.4. The molecule has 10 heteroatoms. The Hall–Kier alpha value is -2.75. The van der Waals surface area contributed by atoms with Crippen LogP contribution in [-0.2, 0) is 36.5 Å². The number of fused-ring (bicyclic) bond motifs is 1. The van der Waals surface area contributed by atoms with Crippen LogP contribution in [0.1, 0.15) is 66.3 Å². The summed E-state index contributed by atoms with van der Waals surface area (Å²) in [6.07, 6.45) is -2.88. The number of carboxylic acids is 1. The van der Waals surface area contributed by atoms with Crippen LogP contribution in [0.25, 0.3) is 0 Å². The standard InChI is InChI=1S/C24H25F6NO3.C3H6/c1-31(14-17-13-18(23(25,26)27)6-8-20(17)24(28,29)30)11-10-19-7-5-16-4-2-15(3-9-22(32)33)12-21(16)34-19;1-2-3-1/h2,4,6,8,12-13,19H,3,5,7,9-11,14H2,1H3,(H,32,33);1-3H2. The third-order valence-corrected chi connectivity index (χ3v) is 6.15. The van der Waals surface area contributed by atoms with Crippen LogP contribution in [0.15, 0.2) is 36.4 Å². The molecule has 0 bridgehead atoms. The summed E-state index contributed by atoms with van der Waals surface area (Å²) in [5.74, 6) is -0.229. The van der Waals surface area contributed by atoms with Crippen molar-refractivity contribution in [2.24, 2.45) is 0 Å². The van der Waals surface area contributed by atoms with Gasteiger partial charge in [-0.3, -0.25) is 4.79 Å². The van der Waals surface area contributed by atoms with Gasteiger partial charge in [-0.25, -0.2) is 0 Å². The van der Waals surface area contributed by atoms with Gasteiger partial charge in [0.15, 0.2) is 0 Å². The van der Waals surface area contributed by atoms with E-state index in [1.807, 2.05) is 18.2 Å². The van der Waals surface area contributed by atoms with Crippen LogP contribution < -0.4 is 4.74 Å². The lowest BCUT2D eigenvalue weighted by Crippen LogP contribution is -2.29. The largest absolute Gasteiger partial charge is 0.490 e. The van der Waals surface area contributed by atoms with Crippen molar-refractivity contribution in [3.8, 4) is 5.75 Å². The molecule has 37 heavy (non-hydrogen) atoms. The van der Waals surface area contributed by atoms with Gasteiger partial charge in [-0.2, -0.15) is 26.3 Å². The minimum absolute atomic E-state index is 0.00244. The molecule has 1 saturated carbocycles. The zero-order valence-corrected chi connectivity index (χ0v) is 20.6. The zero-order chi connectivity index (χ0) is 27.2. The summed E-state index contributed by atoms with van der Waals surface area (Å²) in [6.45, 7) is 0.0354. The first-order valence-electron chi connectivity index (χ1n) is 12.3. The van der Waals surface area contributed by atoms with Crippen molar-refractivity contribution in [2.75, 3.05) is 13.6 Å². The number of rotatable bonds is 8. The Kier molecular flexibility index (Phi) is 9.50. The SMILES string of the molecule is C1CC1.CN(CCC1CCc2ccc(CCC(=O)O)cc2O1)Cc1cc(C(F)(F)F)ccc1C(F)(F)F. The Morgan fingerprint density at radius 2 is 1.73 bits per heavy atom. The normalized spacial score (nSPS) is 16.9. The van der Waals surface area contributed by atoms with Crippen molar-refractivity contribution in [3.63, 3.8) is 0 Å². The number of hydrogen-bond donors (Lipinski definition) is 1. The van der Waals surface area contributed by atoms with E-state index >= 15 is 0 Å². The number of aryl methyl sites for hydroxylation is 2. The average molecular weight is 532 g/mol. The van der Waals surface area contributed by atoms with Gasteiger partial charge in [0, 0.05) is 19.5 Å². The number of hydrogen-bond acceptors (Lipinski definition) is 3. The molecule has 0 saturated heterocycles. The number of benzene rings is 2. The van der Waals surface area contributed by atoms with Crippen LogP contribution in [0.5, 0.6) is 5.75 Å². The van der Waals surface area contributed by atoms with E-state index in [4.69, 9.17) is 9.84 Å². The Balaban J connectivity index is 0.00000118. The number of nitrogens with zero attached hydrogens (tertiary/aromatic N) is 1. The molecule has 4 nitrogen and oxygen atoms in total. The van der Waals surface area contributed by atoms with E-state index < -0.39 is 35.0 Å². The van der Waals surface area contributed by atoms with E-state index in [-0.39, 0.29) is 19.1 Å². The highest BCUT2D eigenvalue weighted by Gasteiger charge is 2.37. The lowest BCUT2D eigenvalue weighted by Gasteiger charge is -2.28. The van der Waals surface area contributed by atoms with Gasteiger partial charge in [-0.15, -0.1) is 0 Å². The number of carbonyl (C=O) groups is 1. The number of alkyl halides is 6. The van der Waals surface area contributed by atoms with Gasteiger partial charge in [0.05, 0.1) is 11.1 Å². The fourth-order valence-corrected chi connectivity index (χ4v) is 3.99. The highest BCUT2D eigenvalue weighted by molar-refractivity contribution is 5.67. The number of carboxylic acid groups (broad SMARTS) is 1. The molecular formula is C27H31F6NO3. The monoisotopic (exact) mass is 531 g/mol. The van der Waals surface area contributed by atoms with Gasteiger partial charge in [0.2, 0.25) is 0 Å². The smallest absolute Gasteiger partial charge is 0.416 e. The molecule has 204 valence electrons. The topological polar surface area (TPSA) is 49.8 Å². The van der Waals surface area contributed by atoms with Crippen LogP contribution in [-0.4, -0.2) is 35.7 Å². The van der Waals surface area contributed by atoms with Crippen molar-refractivity contribution < 1.29 is 41.0 Å². The number of halogens is 6. The van der Waals surface area contributed by atoms with Crippen LogP contribution in [0.2, 0.25) is 0 Å². The van der Waals surface area contributed by atoms with E-state index in [2.05, 4.69) is 0 Å². The van der Waals surface area contributed by atoms with E-state index in [1.165, 1.54) is 19.3 Å². The average Bonchev–Trinajstić information content (AvgIpc) is 3.69. The Morgan fingerprint density at radius 3 is 2.32 bits per heavy atom. The second-order valence-electron chi connectivity index (χ2n) is 9.57. The molecule has 0 aromatic heterocycles. The first-order chi connectivity index (χ1) is 17.3. The third kappa shape index (κ3) is 9.25. The summed E-state index contributed by atoms with van der Waals surface area (Å²) in [7, 11) is 1.56. The summed E-state index contributed by atoms with van der Waals surface area (Å²) < 4.78 is 85.1. The maximum atomic E-state index is 13.3. The summed E-state index contributed by atoms with van der Waals surface area (Å²) >= 11 is 0. The molecule has 2 aromatic carbocycles. The van der Waals surface area contributed by atoms with Crippen LogP contribution >= 0.6 is 0 Å². The highest BCUT2D eigenvalue weighted by Crippen LogP contribution is 2.37. The maximum absolute atomic E-state index is 13.3. The Labute approximate surface area is 212 Å². The summed E-state index contributed by atoms with van der Waals surface area (Å²) in [4.78, 5) is 12.3. The van der Waals surface area contributed by atoms with Crippen LogP contribution in [0, 0.1) is 0 Å². The maximum Gasteiger partial charge on any atom is 0.416 e. The van der Waals surface area contributed by atoms with Gasteiger partial charge < -0.3 is 14.7 Å². The Bertz CT molecular complexity index is 1060. The lowest BCUT2D eigenvalue weighted by molar-refractivity contribution is -0.142. The molecule has 1 atom stereocenters. The molecule has 1 aliphatic carbocycles. The van der Waals surface area contributed by atoms with Crippen molar-refractivity contribution in [1.82, 2.24) is 4.90 Å². The molecule has 1 aliphatic heterocycles. The van der Waals surface area contributed by atoms with Gasteiger partial charge in [0.25, 0.3) is 0 Å². The minimum Gasteiger partial charge on any atom is -0.490 e. The van der Waals surface area contributed by atoms with E-state index in [9.17, 15) is 31.1 Å². The van der Waals surface area contributed by atoms with E-state index in [0.717, 1.165) is 17.5 Å². The van der Waals surface area contributed by atoms with Gasteiger partial charge in [0.1, 0.15) is 11.9 Å². The molecule has 0 amide bonds. The third-order valence-electron chi connectivity index (χ3n) is 6.15. The van der Waals surface area contributed by atoms with Gasteiger partial charge >= 0.3 is 18.3 Å². The van der Waals surface area contributed by atoms with E-state index in [0.29, 0.717) is 49.8 Å². The lowest BCUT2D eigenvalue weighted by atomic mass is 9.97. The fourth-order valence-electron chi connectivity index (χ4n) is 3.99. The molecular weight excluding hydrogens is 500 g/mol. The molecule has 2 aromatic rings. The van der Waals surface area contributed by atoms with Crippen molar-refractivity contribution in [3.05, 3.63) is 64.2 Å². The van der Waals surface area contributed by atoms with Crippen molar-refractivity contribution >= 4 is 5.97 Å². The molecule has 1 fully saturated rings. The molecule has 1 unspecified atom stereocenters. The summed E-state index contributed by atoms with van der Waals surface area (Å²) in [6, 6.07) is 7.07. The quantitative estimate of drug-likeness (QED) is 0.369. The van der Waals surface area contributed by atoms with E-state index in [1.54, 1.807) is 11.9 Å². The first-order valence-corrected chi connectivity index (χ1v) is 12.3. The summed E-state index contributed by atoms with van der Waals surface area (Å²) in [5.41, 5.74) is -0.785. The molecule has 2 aliphatic rings. The Morgan fingerprint density at radius 1 is 1.03 bits per heavy atom. The molecule has 4 rings (SSSR count). The first kappa shape index (κ1) is 28.8. The molecule has 1 N–H and O–H groups in total. The van der Waals surface area contributed by atoms with Crippen LogP contribution in [0.3, 0.4) is 0 Å². The second kappa shape index (κ2) is 12.2. The molecule has 0 spiro atoms. The molecule has 0 radical (unpaired) electrons. The zero-order valence-electron chi connectivity index (χ0n) is 20.6.